The molecule has 114 valence electrons. The summed E-state index contributed by atoms with van der Waals surface area (Å²) in [5, 5.41) is 10.9. The number of allylic oxidation sites excluding steroid dienone is 1. The van der Waals surface area contributed by atoms with Gasteiger partial charge in [-0.25, -0.2) is 0 Å². The molecular formula is C19H22N2O. The van der Waals surface area contributed by atoms with Crippen molar-refractivity contribution in [2.24, 2.45) is 0 Å². The monoisotopic (exact) mass is 294 g/mol. The van der Waals surface area contributed by atoms with E-state index in [9.17, 15) is 5.11 Å². The fraction of sp³-hybridized carbons (Fsp3) is 0.368. The number of likely N-dealkylation sites (N-methyl/N-ethyl adjacent to an activating group) is 1. The van der Waals surface area contributed by atoms with Gasteiger partial charge in [-0.3, -0.25) is 4.90 Å². The lowest BCUT2D eigenvalue weighted by Gasteiger charge is -2.41. The first-order chi connectivity index (χ1) is 10.7. The number of rotatable bonds is 3. The summed E-state index contributed by atoms with van der Waals surface area (Å²) in [6.45, 7) is 4.91. The Balaban J connectivity index is 1.94. The van der Waals surface area contributed by atoms with E-state index in [1.807, 2.05) is 6.08 Å². The minimum absolute atomic E-state index is 0.158. The highest BCUT2D eigenvalue weighted by molar-refractivity contribution is 5.90. The summed E-state index contributed by atoms with van der Waals surface area (Å²) in [5.74, 6) is 0.379. The predicted octanol–water partition coefficient (Wildman–Crippen LogP) is 2.77. The van der Waals surface area contributed by atoms with Gasteiger partial charge < -0.3 is 10.1 Å². The summed E-state index contributed by atoms with van der Waals surface area (Å²) in [4.78, 5) is 5.98. The molecule has 0 saturated carbocycles. The van der Waals surface area contributed by atoms with Gasteiger partial charge in [-0.05, 0) is 36.2 Å². The van der Waals surface area contributed by atoms with Crippen LogP contribution in [0.4, 0.5) is 0 Å². The lowest BCUT2D eigenvalue weighted by Crippen LogP contribution is -2.44. The van der Waals surface area contributed by atoms with Gasteiger partial charge in [0.25, 0.3) is 0 Å². The van der Waals surface area contributed by atoms with Crippen LogP contribution in [0.5, 0.6) is 0 Å². The van der Waals surface area contributed by atoms with E-state index in [1.54, 1.807) is 0 Å². The number of benzene rings is 1. The van der Waals surface area contributed by atoms with Crippen LogP contribution in [0, 0.1) is 0 Å². The molecule has 22 heavy (non-hydrogen) atoms. The van der Waals surface area contributed by atoms with Crippen molar-refractivity contribution in [1.82, 2.24) is 9.88 Å². The zero-order valence-electron chi connectivity index (χ0n) is 13.0. The van der Waals surface area contributed by atoms with Gasteiger partial charge in [0, 0.05) is 41.5 Å². The summed E-state index contributed by atoms with van der Waals surface area (Å²) in [6.07, 6.45) is 6.22. The molecule has 3 nitrogen and oxygen atoms in total. The molecule has 1 aromatic heterocycles. The highest BCUT2D eigenvalue weighted by Crippen LogP contribution is 2.43. The smallest absolute Gasteiger partial charge is 0.0654 e. The highest BCUT2D eigenvalue weighted by atomic mass is 16.3. The Bertz CT molecular complexity index is 771. The average molecular weight is 294 g/mol. The molecule has 1 aromatic carbocycles. The third-order valence-electron chi connectivity index (χ3n) is 5.22. The molecule has 2 N–H and O–H groups in total. The molecule has 0 unspecified atom stereocenters. The van der Waals surface area contributed by atoms with Gasteiger partial charge in [0.2, 0.25) is 0 Å². The maximum absolute atomic E-state index is 9.55. The fourth-order valence-electron chi connectivity index (χ4n) is 4.24. The number of nitrogens with one attached hydrogen (secondary N) is 1. The number of aromatic amines is 1. The molecular weight excluding hydrogens is 272 g/mol. The van der Waals surface area contributed by atoms with Crippen LogP contribution in [0.15, 0.2) is 42.5 Å². The Morgan fingerprint density at radius 3 is 3.09 bits per heavy atom. The Morgan fingerprint density at radius 2 is 2.32 bits per heavy atom. The number of aliphatic hydroxyl groups excluding tert-OH is 1. The maximum Gasteiger partial charge on any atom is 0.0654 e. The van der Waals surface area contributed by atoms with Crippen LogP contribution in [-0.2, 0) is 12.8 Å². The second-order valence-corrected chi connectivity index (χ2v) is 6.54. The standard InChI is InChI=1S/C19H22N2O/c1-3-5-16-15-9-18-14(8-12(11-22)10-21(18)2)13-6-4-7-17(20-16)19(13)15/h3-4,6-8,14,18,20,22H,1,5,9-11H2,2H3/t14-,18-/m1/s1. The zero-order valence-corrected chi connectivity index (χ0v) is 13.0. The minimum Gasteiger partial charge on any atom is -0.392 e. The Kier molecular flexibility index (Phi) is 3.21. The fourth-order valence-corrected chi connectivity index (χ4v) is 4.24. The molecule has 2 aliphatic rings. The number of fused-ring (bicyclic) bond motifs is 2. The largest absolute Gasteiger partial charge is 0.392 e. The molecule has 1 aliphatic heterocycles. The Hall–Kier alpha value is -1.84. The number of hydrogen-bond donors (Lipinski definition) is 2. The van der Waals surface area contributed by atoms with Crippen LogP contribution >= 0.6 is 0 Å². The lowest BCUT2D eigenvalue weighted by atomic mass is 9.76. The SMILES string of the molecule is C=CCc1[nH]c2cccc3c2c1C[C@@H]1[C@@H]3C=C(CO)CN1C. The van der Waals surface area contributed by atoms with Gasteiger partial charge in [-0.15, -0.1) is 6.58 Å². The molecule has 0 spiro atoms. The van der Waals surface area contributed by atoms with Crippen LogP contribution in [0.25, 0.3) is 10.9 Å². The molecule has 4 rings (SSSR count). The summed E-state index contributed by atoms with van der Waals surface area (Å²) in [6, 6.07) is 7.03. The van der Waals surface area contributed by atoms with Gasteiger partial charge in [0.1, 0.15) is 0 Å². The number of hydrogen-bond acceptors (Lipinski definition) is 2. The van der Waals surface area contributed by atoms with Gasteiger partial charge in [-0.2, -0.15) is 0 Å². The second kappa shape index (κ2) is 5.11. The van der Waals surface area contributed by atoms with Crippen molar-refractivity contribution >= 4 is 10.9 Å². The second-order valence-electron chi connectivity index (χ2n) is 6.54. The van der Waals surface area contributed by atoms with Crippen LogP contribution in [-0.4, -0.2) is 41.2 Å². The van der Waals surface area contributed by atoms with Crippen molar-refractivity contribution in [2.75, 3.05) is 20.2 Å². The van der Waals surface area contributed by atoms with Gasteiger partial charge in [0.05, 0.1) is 6.61 Å². The Labute approximate surface area is 130 Å². The highest BCUT2D eigenvalue weighted by Gasteiger charge is 2.36. The summed E-state index contributed by atoms with van der Waals surface area (Å²) in [7, 11) is 2.17. The number of aromatic nitrogens is 1. The van der Waals surface area contributed by atoms with Crippen LogP contribution in [0.3, 0.4) is 0 Å². The van der Waals surface area contributed by atoms with Crippen molar-refractivity contribution in [1.29, 1.82) is 0 Å². The maximum atomic E-state index is 9.55. The van der Waals surface area contributed by atoms with Crippen molar-refractivity contribution < 1.29 is 5.11 Å². The van der Waals surface area contributed by atoms with E-state index in [0.29, 0.717) is 12.0 Å². The molecule has 0 bridgehead atoms. The summed E-state index contributed by atoms with van der Waals surface area (Å²) >= 11 is 0. The van der Waals surface area contributed by atoms with Crippen LogP contribution in [0.2, 0.25) is 0 Å². The number of aliphatic hydroxyl groups is 1. The summed E-state index contributed by atoms with van der Waals surface area (Å²) < 4.78 is 0. The van der Waals surface area contributed by atoms with E-state index in [2.05, 4.69) is 47.8 Å². The molecule has 2 aromatic rings. The molecule has 0 fully saturated rings. The molecule has 0 radical (unpaired) electrons. The number of H-pyrrole nitrogens is 1. The molecule has 2 atom stereocenters. The topological polar surface area (TPSA) is 39.3 Å². The minimum atomic E-state index is 0.158. The molecule has 0 saturated heterocycles. The van der Waals surface area contributed by atoms with Crippen molar-refractivity contribution in [2.45, 2.75) is 24.8 Å². The van der Waals surface area contributed by atoms with Gasteiger partial charge >= 0.3 is 0 Å². The lowest BCUT2D eigenvalue weighted by molar-refractivity contribution is 0.208. The first-order valence-electron chi connectivity index (χ1n) is 7.96. The Morgan fingerprint density at radius 1 is 1.45 bits per heavy atom. The van der Waals surface area contributed by atoms with Gasteiger partial charge in [-0.1, -0.05) is 24.3 Å². The van der Waals surface area contributed by atoms with E-state index in [-0.39, 0.29) is 6.61 Å². The quantitative estimate of drug-likeness (QED) is 0.855. The first-order valence-corrected chi connectivity index (χ1v) is 7.96. The average Bonchev–Trinajstić information content (AvgIpc) is 2.88. The third kappa shape index (κ3) is 1.89. The summed E-state index contributed by atoms with van der Waals surface area (Å²) in [5.41, 5.74) is 6.52. The van der Waals surface area contributed by atoms with Crippen LogP contribution in [0.1, 0.15) is 22.7 Å². The van der Waals surface area contributed by atoms with Crippen molar-refractivity contribution in [3.05, 3.63) is 59.3 Å². The molecule has 2 heterocycles. The molecule has 1 aliphatic carbocycles. The first kappa shape index (κ1) is 13.8. The van der Waals surface area contributed by atoms with Crippen molar-refractivity contribution in [3.8, 4) is 0 Å². The molecule has 3 heteroatoms. The van der Waals surface area contributed by atoms with Crippen molar-refractivity contribution in [3.63, 3.8) is 0 Å². The number of nitrogens with zero attached hydrogens (tertiary/aromatic N) is 1. The van der Waals surface area contributed by atoms with Crippen LogP contribution < -0.4 is 0 Å². The molecule has 0 amide bonds. The van der Waals surface area contributed by atoms with E-state index >= 15 is 0 Å². The third-order valence-corrected chi connectivity index (χ3v) is 5.22. The van der Waals surface area contributed by atoms with E-state index < -0.39 is 0 Å². The normalized spacial score (nSPS) is 24.2. The van der Waals surface area contributed by atoms with E-state index in [0.717, 1.165) is 25.0 Å². The van der Waals surface area contributed by atoms with Gasteiger partial charge in [0.15, 0.2) is 0 Å². The van der Waals surface area contributed by atoms with E-state index in [1.165, 1.54) is 27.7 Å². The predicted molar refractivity (Wildman–Crippen MR) is 90.2 cm³/mol. The van der Waals surface area contributed by atoms with E-state index in [4.69, 9.17) is 0 Å². The zero-order chi connectivity index (χ0) is 15.3.